The number of aryl methyl sites for hydroxylation is 1. The predicted octanol–water partition coefficient (Wildman–Crippen LogP) is 2.06. The third kappa shape index (κ3) is 1.85. The molecular formula is C11H12N2O. The molecule has 0 aromatic carbocycles. The Morgan fingerprint density at radius 2 is 2.36 bits per heavy atom. The first kappa shape index (κ1) is 9.01. The molecule has 0 atom stereocenters. The second kappa shape index (κ2) is 3.67. The molecule has 0 radical (unpaired) electrons. The van der Waals surface area contributed by atoms with Gasteiger partial charge >= 0.3 is 0 Å². The average Bonchev–Trinajstić information content (AvgIpc) is 3.02. The van der Waals surface area contributed by atoms with E-state index in [0.717, 1.165) is 30.7 Å². The minimum Gasteiger partial charge on any atom is -0.489 e. The third-order valence-electron chi connectivity index (χ3n) is 2.20. The minimum atomic E-state index is 0.384. The van der Waals surface area contributed by atoms with Crippen molar-refractivity contribution < 1.29 is 4.74 Å². The molecule has 0 amide bonds. The molecule has 72 valence electrons. The monoisotopic (exact) mass is 188 g/mol. The summed E-state index contributed by atoms with van der Waals surface area (Å²) in [4.78, 5) is 4.20. The summed E-state index contributed by atoms with van der Waals surface area (Å²) in [7, 11) is 0. The van der Waals surface area contributed by atoms with Crippen LogP contribution in [0.5, 0.6) is 5.75 Å². The van der Waals surface area contributed by atoms with Gasteiger partial charge in [-0.25, -0.2) is 4.98 Å². The maximum absolute atomic E-state index is 8.69. The Labute approximate surface area is 83.3 Å². The molecule has 0 unspecified atom stereocenters. The average molecular weight is 188 g/mol. The van der Waals surface area contributed by atoms with Crippen molar-refractivity contribution in [1.29, 1.82) is 5.26 Å². The van der Waals surface area contributed by atoms with Crippen LogP contribution >= 0.6 is 0 Å². The highest BCUT2D eigenvalue weighted by Gasteiger charge is 2.24. The van der Waals surface area contributed by atoms with Crippen molar-refractivity contribution in [3.05, 3.63) is 23.5 Å². The highest BCUT2D eigenvalue weighted by atomic mass is 16.5. The van der Waals surface area contributed by atoms with Crippen LogP contribution < -0.4 is 4.74 Å². The van der Waals surface area contributed by atoms with Crippen molar-refractivity contribution in [1.82, 2.24) is 4.98 Å². The zero-order valence-electron chi connectivity index (χ0n) is 8.16. The smallest absolute Gasteiger partial charge is 0.141 e. The molecule has 1 aliphatic carbocycles. The lowest BCUT2D eigenvalue weighted by Gasteiger charge is -2.08. The van der Waals surface area contributed by atoms with Gasteiger partial charge in [0, 0.05) is 0 Å². The fraction of sp³-hybridized carbons (Fsp3) is 0.455. The number of hydrogen-bond acceptors (Lipinski definition) is 3. The Bertz CT molecular complexity index is 377. The first-order chi connectivity index (χ1) is 6.83. The van der Waals surface area contributed by atoms with E-state index in [1.807, 2.05) is 19.1 Å². The van der Waals surface area contributed by atoms with E-state index < -0.39 is 0 Å². The highest BCUT2D eigenvalue weighted by Crippen LogP contribution is 2.28. The summed E-state index contributed by atoms with van der Waals surface area (Å²) >= 11 is 0. The van der Waals surface area contributed by atoms with Gasteiger partial charge in [-0.3, -0.25) is 0 Å². The summed E-state index contributed by atoms with van der Waals surface area (Å²) in [5, 5.41) is 8.69. The summed E-state index contributed by atoms with van der Waals surface area (Å²) in [6, 6.07) is 5.59. The lowest BCUT2D eigenvalue weighted by atomic mass is 10.2. The van der Waals surface area contributed by atoms with Gasteiger partial charge in [0.25, 0.3) is 0 Å². The Hall–Kier alpha value is -1.56. The summed E-state index contributed by atoms with van der Waals surface area (Å²) < 4.78 is 5.67. The maximum Gasteiger partial charge on any atom is 0.141 e. The standard InChI is InChI=1S/C11H12N2O/c1-2-10-11(14-9-4-5-9)6-3-8(7-12)13-10/h3,6,9H,2,4-5H2,1H3. The zero-order chi connectivity index (χ0) is 9.97. The molecule has 0 N–H and O–H groups in total. The van der Waals surface area contributed by atoms with E-state index in [2.05, 4.69) is 4.98 Å². The molecule has 3 heteroatoms. The molecule has 1 aromatic heterocycles. The first-order valence-electron chi connectivity index (χ1n) is 4.90. The summed E-state index contributed by atoms with van der Waals surface area (Å²) in [5.41, 5.74) is 1.35. The molecule has 2 rings (SSSR count). The number of aromatic nitrogens is 1. The fourth-order valence-electron chi connectivity index (χ4n) is 1.28. The van der Waals surface area contributed by atoms with Crippen LogP contribution in [-0.2, 0) is 6.42 Å². The Kier molecular flexibility index (Phi) is 2.36. The second-order valence-corrected chi connectivity index (χ2v) is 3.42. The van der Waals surface area contributed by atoms with Crippen LogP contribution in [0.4, 0.5) is 0 Å². The molecule has 1 heterocycles. The van der Waals surface area contributed by atoms with E-state index in [1.54, 1.807) is 6.07 Å². The molecule has 14 heavy (non-hydrogen) atoms. The lowest BCUT2D eigenvalue weighted by molar-refractivity contribution is 0.298. The maximum atomic E-state index is 8.69. The van der Waals surface area contributed by atoms with E-state index in [9.17, 15) is 0 Å². The second-order valence-electron chi connectivity index (χ2n) is 3.42. The van der Waals surface area contributed by atoms with Gasteiger partial charge in [0.1, 0.15) is 17.5 Å². The van der Waals surface area contributed by atoms with Crippen LogP contribution in [0.1, 0.15) is 31.2 Å². The first-order valence-corrected chi connectivity index (χ1v) is 4.90. The molecule has 3 nitrogen and oxygen atoms in total. The van der Waals surface area contributed by atoms with E-state index in [1.165, 1.54) is 0 Å². The molecule has 1 aromatic rings. The van der Waals surface area contributed by atoms with Crippen LogP contribution in [0.15, 0.2) is 12.1 Å². The molecule has 1 fully saturated rings. The number of nitrogens with zero attached hydrogens (tertiary/aromatic N) is 2. The van der Waals surface area contributed by atoms with Crippen molar-refractivity contribution in [3.8, 4) is 11.8 Å². The van der Waals surface area contributed by atoms with E-state index in [4.69, 9.17) is 10.00 Å². The normalized spacial score (nSPS) is 14.9. The lowest BCUT2D eigenvalue weighted by Crippen LogP contribution is -2.01. The van der Waals surface area contributed by atoms with Crippen molar-refractivity contribution in [2.45, 2.75) is 32.3 Å². The van der Waals surface area contributed by atoms with E-state index in [0.29, 0.717) is 11.8 Å². The van der Waals surface area contributed by atoms with Crippen molar-refractivity contribution in [2.24, 2.45) is 0 Å². The number of rotatable bonds is 3. The van der Waals surface area contributed by atoms with Gasteiger partial charge in [-0.1, -0.05) is 6.92 Å². The van der Waals surface area contributed by atoms with Gasteiger partial charge in [-0.2, -0.15) is 5.26 Å². The summed E-state index contributed by atoms with van der Waals surface area (Å²) in [5.74, 6) is 0.842. The van der Waals surface area contributed by atoms with Crippen LogP contribution in [0.25, 0.3) is 0 Å². The number of hydrogen-bond donors (Lipinski definition) is 0. The molecule has 0 aliphatic heterocycles. The molecule has 0 bridgehead atoms. The SMILES string of the molecule is CCc1nc(C#N)ccc1OC1CC1. The molecular weight excluding hydrogens is 176 g/mol. The topological polar surface area (TPSA) is 45.9 Å². The Morgan fingerprint density at radius 3 is 2.93 bits per heavy atom. The molecule has 0 spiro atoms. The van der Waals surface area contributed by atoms with Crippen LogP contribution in [-0.4, -0.2) is 11.1 Å². The highest BCUT2D eigenvalue weighted by molar-refractivity contribution is 5.34. The number of ether oxygens (including phenoxy) is 1. The minimum absolute atomic E-state index is 0.384. The van der Waals surface area contributed by atoms with Crippen molar-refractivity contribution in [2.75, 3.05) is 0 Å². The third-order valence-corrected chi connectivity index (χ3v) is 2.20. The molecule has 1 saturated carbocycles. The number of nitriles is 1. The quantitative estimate of drug-likeness (QED) is 0.729. The van der Waals surface area contributed by atoms with Gasteiger partial charge in [0.05, 0.1) is 11.8 Å². The molecule has 1 aliphatic rings. The van der Waals surface area contributed by atoms with Gasteiger partial charge in [0.15, 0.2) is 0 Å². The van der Waals surface area contributed by atoms with E-state index in [-0.39, 0.29) is 0 Å². The fourth-order valence-corrected chi connectivity index (χ4v) is 1.28. The summed E-state index contributed by atoms with van der Waals surface area (Å²) in [6.07, 6.45) is 3.47. The Morgan fingerprint density at radius 1 is 1.57 bits per heavy atom. The van der Waals surface area contributed by atoms with Gasteiger partial charge in [-0.05, 0) is 31.4 Å². The van der Waals surface area contributed by atoms with Crippen molar-refractivity contribution >= 4 is 0 Å². The van der Waals surface area contributed by atoms with Crippen LogP contribution in [0, 0.1) is 11.3 Å². The van der Waals surface area contributed by atoms with Crippen LogP contribution in [0.2, 0.25) is 0 Å². The van der Waals surface area contributed by atoms with E-state index >= 15 is 0 Å². The van der Waals surface area contributed by atoms with Crippen LogP contribution in [0.3, 0.4) is 0 Å². The van der Waals surface area contributed by atoms with Crippen molar-refractivity contribution in [3.63, 3.8) is 0 Å². The number of pyridine rings is 1. The van der Waals surface area contributed by atoms with Gasteiger partial charge in [0.2, 0.25) is 0 Å². The summed E-state index contributed by atoms with van der Waals surface area (Å²) in [6.45, 7) is 2.02. The predicted molar refractivity (Wildman–Crippen MR) is 52.0 cm³/mol. The Balaban J connectivity index is 2.25. The molecule has 0 saturated heterocycles. The van der Waals surface area contributed by atoms with Gasteiger partial charge in [-0.15, -0.1) is 0 Å². The largest absolute Gasteiger partial charge is 0.489 e. The van der Waals surface area contributed by atoms with Gasteiger partial charge < -0.3 is 4.74 Å². The zero-order valence-corrected chi connectivity index (χ0v) is 8.16.